The van der Waals surface area contributed by atoms with Gasteiger partial charge < -0.3 is 9.47 Å². The highest BCUT2D eigenvalue weighted by molar-refractivity contribution is 5.76. The van der Waals surface area contributed by atoms with Gasteiger partial charge in [-0.2, -0.15) is 0 Å². The van der Waals surface area contributed by atoms with E-state index in [2.05, 4.69) is 24.0 Å². The molecule has 1 aromatic rings. The van der Waals surface area contributed by atoms with Gasteiger partial charge in [0.15, 0.2) is 0 Å². The van der Waals surface area contributed by atoms with Crippen molar-refractivity contribution in [3.8, 4) is 0 Å². The maximum Gasteiger partial charge on any atom is 0.325 e. The van der Waals surface area contributed by atoms with Gasteiger partial charge in [-0.25, -0.2) is 0 Å². The van der Waals surface area contributed by atoms with E-state index in [9.17, 15) is 4.79 Å². The lowest BCUT2D eigenvalue weighted by Gasteiger charge is -2.29. The van der Waals surface area contributed by atoms with Crippen molar-refractivity contribution in [2.24, 2.45) is 0 Å². The Hall–Kier alpha value is -1.39. The third kappa shape index (κ3) is 6.27. The molecule has 118 valence electrons. The van der Waals surface area contributed by atoms with Gasteiger partial charge in [0.25, 0.3) is 0 Å². The van der Waals surface area contributed by atoms with Crippen LogP contribution in [0.25, 0.3) is 0 Å². The van der Waals surface area contributed by atoms with Crippen LogP contribution >= 0.6 is 0 Å². The topological polar surface area (TPSA) is 38.8 Å². The molecule has 0 heterocycles. The van der Waals surface area contributed by atoms with E-state index in [0.29, 0.717) is 19.8 Å². The van der Waals surface area contributed by atoms with Crippen LogP contribution in [0, 0.1) is 0 Å². The molecule has 0 saturated heterocycles. The summed E-state index contributed by atoms with van der Waals surface area (Å²) in [6.45, 7) is 8.81. The third-order valence-corrected chi connectivity index (χ3v) is 3.22. The fourth-order valence-corrected chi connectivity index (χ4v) is 2.24. The number of hydrogen-bond acceptors (Lipinski definition) is 4. The van der Waals surface area contributed by atoms with Gasteiger partial charge in [0.05, 0.1) is 13.2 Å². The number of esters is 1. The van der Waals surface area contributed by atoms with Gasteiger partial charge in [0, 0.05) is 13.2 Å². The van der Waals surface area contributed by atoms with Crippen LogP contribution in [-0.4, -0.2) is 43.3 Å². The average Bonchev–Trinajstić information content (AvgIpc) is 2.49. The smallest absolute Gasteiger partial charge is 0.325 e. The van der Waals surface area contributed by atoms with Crippen LogP contribution in [0.5, 0.6) is 0 Å². The van der Waals surface area contributed by atoms with E-state index in [4.69, 9.17) is 9.47 Å². The highest BCUT2D eigenvalue weighted by Crippen LogP contribution is 2.11. The first-order valence-corrected chi connectivity index (χ1v) is 7.75. The molecule has 0 aliphatic carbocycles. The summed E-state index contributed by atoms with van der Waals surface area (Å²) in [5, 5.41) is 0. The maximum absolute atomic E-state index is 12.2. The molecular formula is C17H27NO3. The van der Waals surface area contributed by atoms with Crippen molar-refractivity contribution in [3.05, 3.63) is 35.9 Å². The third-order valence-electron chi connectivity index (χ3n) is 3.22. The number of hydrogen-bond donors (Lipinski definition) is 0. The van der Waals surface area contributed by atoms with E-state index in [1.165, 1.54) is 5.56 Å². The summed E-state index contributed by atoms with van der Waals surface area (Å²) in [5.41, 5.74) is 1.19. The minimum Gasteiger partial charge on any atom is -0.465 e. The Kier molecular flexibility index (Phi) is 8.71. The van der Waals surface area contributed by atoms with Crippen LogP contribution in [0.2, 0.25) is 0 Å². The molecule has 0 saturated carbocycles. The molecule has 1 atom stereocenters. The molecule has 0 fully saturated rings. The number of carbonyl (C=O) groups excluding carboxylic acids is 1. The molecule has 4 heteroatoms. The molecule has 4 nitrogen and oxygen atoms in total. The van der Waals surface area contributed by atoms with Crippen LogP contribution in [-0.2, 0) is 20.8 Å². The Labute approximate surface area is 128 Å². The Morgan fingerprint density at radius 1 is 1.14 bits per heavy atom. The average molecular weight is 293 g/mol. The summed E-state index contributed by atoms with van der Waals surface area (Å²) in [5.74, 6) is -0.199. The molecule has 0 aliphatic rings. The molecule has 1 rings (SSSR count). The van der Waals surface area contributed by atoms with Gasteiger partial charge in [-0.3, -0.25) is 9.69 Å². The fourth-order valence-electron chi connectivity index (χ4n) is 2.24. The van der Waals surface area contributed by atoms with Crippen molar-refractivity contribution in [2.75, 3.05) is 26.4 Å². The van der Waals surface area contributed by atoms with Crippen molar-refractivity contribution >= 4 is 5.97 Å². The lowest BCUT2D eigenvalue weighted by Crippen LogP contribution is -2.45. The first-order valence-electron chi connectivity index (χ1n) is 7.75. The lowest BCUT2D eigenvalue weighted by molar-refractivity contribution is -0.152. The molecular weight excluding hydrogens is 266 g/mol. The number of benzene rings is 1. The second kappa shape index (κ2) is 10.4. The lowest BCUT2D eigenvalue weighted by atomic mass is 10.1. The van der Waals surface area contributed by atoms with Gasteiger partial charge in [0.1, 0.15) is 6.04 Å². The zero-order chi connectivity index (χ0) is 15.5. The minimum absolute atomic E-state index is 0.199. The van der Waals surface area contributed by atoms with Crippen LogP contribution in [0.15, 0.2) is 30.3 Å². The van der Waals surface area contributed by atoms with Crippen LogP contribution in [0.1, 0.15) is 32.8 Å². The van der Waals surface area contributed by atoms with Crippen molar-refractivity contribution in [1.82, 2.24) is 4.90 Å². The molecule has 1 aromatic carbocycles. The molecule has 21 heavy (non-hydrogen) atoms. The van der Waals surface area contributed by atoms with Gasteiger partial charge in [0.2, 0.25) is 0 Å². The molecule has 1 unspecified atom stereocenters. The maximum atomic E-state index is 12.2. The SMILES string of the molecule is CCCN(Cc1ccccc1)C(COCC)C(=O)OCC. The standard InChI is InChI=1S/C17H27NO3/c1-4-12-18(13-15-10-8-7-9-11-15)16(14-20-5-2)17(19)21-6-3/h7-11,16H,4-6,12-14H2,1-3H3. The number of carbonyl (C=O) groups is 1. The van der Waals surface area contributed by atoms with Gasteiger partial charge in [-0.1, -0.05) is 37.3 Å². The predicted molar refractivity (Wildman–Crippen MR) is 84.1 cm³/mol. The highest BCUT2D eigenvalue weighted by atomic mass is 16.5. The van der Waals surface area contributed by atoms with E-state index in [0.717, 1.165) is 19.5 Å². The summed E-state index contributed by atoms with van der Waals surface area (Å²) in [6.07, 6.45) is 0.981. The first-order chi connectivity index (χ1) is 10.2. The van der Waals surface area contributed by atoms with E-state index >= 15 is 0 Å². The fraction of sp³-hybridized carbons (Fsp3) is 0.588. The number of ether oxygens (including phenoxy) is 2. The predicted octanol–water partition coefficient (Wildman–Crippen LogP) is 2.87. The summed E-state index contributed by atoms with van der Waals surface area (Å²) >= 11 is 0. The molecule has 0 aliphatic heterocycles. The first kappa shape index (κ1) is 17.7. The Bertz CT molecular complexity index is 394. The van der Waals surface area contributed by atoms with Crippen molar-refractivity contribution < 1.29 is 14.3 Å². The molecule has 0 amide bonds. The van der Waals surface area contributed by atoms with Gasteiger partial charge in [-0.15, -0.1) is 0 Å². The normalized spacial score (nSPS) is 12.4. The second-order valence-electron chi connectivity index (χ2n) is 4.88. The van der Waals surface area contributed by atoms with Crippen molar-refractivity contribution in [3.63, 3.8) is 0 Å². The monoisotopic (exact) mass is 293 g/mol. The van der Waals surface area contributed by atoms with E-state index in [1.54, 1.807) is 0 Å². The number of nitrogens with zero attached hydrogens (tertiary/aromatic N) is 1. The largest absolute Gasteiger partial charge is 0.465 e. The van der Waals surface area contributed by atoms with E-state index in [1.807, 2.05) is 32.0 Å². The van der Waals surface area contributed by atoms with Crippen LogP contribution in [0.4, 0.5) is 0 Å². The van der Waals surface area contributed by atoms with Gasteiger partial charge >= 0.3 is 5.97 Å². The summed E-state index contributed by atoms with van der Waals surface area (Å²) in [7, 11) is 0. The number of rotatable bonds is 10. The molecule has 0 aromatic heterocycles. The molecule has 0 radical (unpaired) electrons. The zero-order valence-electron chi connectivity index (χ0n) is 13.4. The molecule has 0 N–H and O–H groups in total. The van der Waals surface area contributed by atoms with E-state index < -0.39 is 0 Å². The highest BCUT2D eigenvalue weighted by Gasteiger charge is 2.27. The minimum atomic E-state index is -0.343. The van der Waals surface area contributed by atoms with Crippen LogP contribution in [0.3, 0.4) is 0 Å². The summed E-state index contributed by atoms with van der Waals surface area (Å²) < 4.78 is 10.7. The second-order valence-corrected chi connectivity index (χ2v) is 4.88. The van der Waals surface area contributed by atoms with E-state index in [-0.39, 0.29) is 12.0 Å². The van der Waals surface area contributed by atoms with Crippen molar-refractivity contribution in [1.29, 1.82) is 0 Å². The summed E-state index contributed by atoms with van der Waals surface area (Å²) in [6, 6.07) is 9.83. The van der Waals surface area contributed by atoms with Gasteiger partial charge in [-0.05, 0) is 32.4 Å². The Balaban J connectivity index is 2.81. The Morgan fingerprint density at radius 3 is 2.43 bits per heavy atom. The molecule has 0 spiro atoms. The van der Waals surface area contributed by atoms with Crippen LogP contribution < -0.4 is 0 Å². The summed E-state index contributed by atoms with van der Waals surface area (Å²) in [4.78, 5) is 14.4. The van der Waals surface area contributed by atoms with Crippen molar-refractivity contribution in [2.45, 2.75) is 39.8 Å². The zero-order valence-corrected chi connectivity index (χ0v) is 13.4. The Morgan fingerprint density at radius 2 is 1.86 bits per heavy atom. The molecule has 0 bridgehead atoms. The quantitative estimate of drug-likeness (QED) is 0.622.